The molecule has 0 radical (unpaired) electrons. The third kappa shape index (κ3) is 4.98. The van der Waals surface area contributed by atoms with Crippen molar-refractivity contribution in [2.45, 2.75) is 64.9 Å². The first kappa shape index (κ1) is 20.3. The van der Waals surface area contributed by atoms with E-state index in [-0.39, 0.29) is 5.91 Å². The first-order chi connectivity index (χ1) is 12.5. The van der Waals surface area contributed by atoms with Crippen LogP contribution in [0.2, 0.25) is 0 Å². The summed E-state index contributed by atoms with van der Waals surface area (Å²) in [5.74, 6) is 1.07. The van der Waals surface area contributed by atoms with Crippen LogP contribution in [0.3, 0.4) is 0 Å². The summed E-state index contributed by atoms with van der Waals surface area (Å²) in [6.45, 7) is 7.32. The van der Waals surface area contributed by atoms with Crippen LogP contribution in [-0.2, 0) is 9.53 Å². The highest BCUT2D eigenvalue weighted by atomic mass is 16.5. The van der Waals surface area contributed by atoms with E-state index in [1.807, 2.05) is 6.92 Å². The number of hydrogen-bond acceptors (Lipinski definition) is 4. The number of unbranched alkanes of at least 4 members (excludes halogenated alkanes) is 1. The number of anilines is 1. The molecule has 0 heterocycles. The van der Waals surface area contributed by atoms with Crippen molar-refractivity contribution < 1.29 is 14.3 Å². The standard InChI is InChI=1S/C21H30N2O3/c1-4-6-13-25-19-8-7-18(14-17(19)15-22)23-20(24)21(26-5-2)11-9-16(3)10-12-21/h7-8,14,16H,4-6,9-13H2,1-3H3,(H,23,24). The van der Waals surface area contributed by atoms with Gasteiger partial charge in [0.15, 0.2) is 0 Å². The van der Waals surface area contributed by atoms with Gasteiger partial charge in [-0.2, -0.15) is 5.26 Å². The van der Waals surface area contributed by atoms with Crippen LogP contribution in [0.15, 0.2) is 18.2 Å². The van der Waals surface area contributed by atoms with Crippen molar-refractivity contribution in [2.24, 2.45) is 5.92 Å². The molecule has 0 spiro atoms. The molecule has 26 heavy (non-hydrogen) atoms. The summed E-state index contributed by atoms with van der Waals surface area (Å²) in [6, 6.07) is 7.35. The molecule has 1 N–H and O–H groups in total. The molecule has 1 saturated carbocycles. The predicted octanol–water partition coefficient (Wildman–Crippen LogP) is 4.66. The molecular weight excluding hydrogens is 328 g/mol. The minimum Gasteiger partial charge on any atom is -0.492 e. The molecule has 1 aliphatic carbocycles. The van der Waals surface area contributed by atoms with Crippen molar-refractivity contribution in [2.75, 3.05) is 18.5 Å². The van der Waals surface area contributed by atoms with Crippen molar-refractivity contribution in [1.82, 2.24) is 0 Å². The van der Waals surface area contributed by atoms with Gasteiger partial charge in [-0.25, -0.2) is 0 Å². The molecule has 1 amide bonds. The molecule has 5 heteroatoms. The molecule has 0 aromatic heterocycles. The lowest BCUT2D eigenvalue weighted by molar-refractivity contribution is -0.146. The van der Waals surface area contributed by atoms with Gasteiger partial charge in [0.2, 0.25) is 0 Å². The molecular formula is C21H30N2O3. The van der Waals surface area contributed by atoms with Crippen molar-refractivity contribution >= 4 is 11.6 Å². The van der Waals surface area contributed by atoms with Crippen molar-refractivity contribution in [3.63, 3.8) is 0 Å². The van der Waals surface area contributed by atoms with Gasteiger partial charge >= 0.3 is 0 Å². The maximum Gasteiger partial charge on any atom is 0.256 e. The Morgan fingerprint density at radius 2 is 2.08 bits per heavy atom. The van der Waals surface area contributed by atoms with E-state index in [9.17, 15) is 10.1 Å². The largest absolute Gasteiger partial charge is 0.492 e. The van der Waals surface area contributed by atoms with Gasteiger partial charge in [0.25, 0.3) is 5.91 Å². The van der Waals surface area contributed by atoms with E-state index in [0.717, 1.165) is 38.5 Å². The van der Waals surface area contributed by atoms with Crippen LogP contribution in [0.4, 0.5) is 5.69 Å². The number of nitriles is 1. The van der Waals surface area contributed by atoms with Gasteiger partial charge in [-0.1, -0.05) is 20.3 Å². The normalized spacial score (nSPS) is 22.5. The number of rotatable bonds is 8. The minimum atomic E-state index is -0.760. The van der Waals surface area contributed by atoms with E-state index in [4.69, 9.17) is 9.47 Å². The second kappa shape index (κ2) is 9.59. The number of carbonyl (C=O) groups is 1. The van der Waals surface area contributed by atoms with E-state index >= 15 is 0 Å². The second-order valence-electron chi connectivity index (χ2n) is 7.09. The number of nitrogens with one attached hydrogen (secondary N) is 1. The SMILES string of the molecule is CCCCOc1ccc(NC(=O)C2(OCC)CCC(C)CC2)cc1C#N. The molecule has 0 atom stereocenters. The van der Waals surface area contributed by atoms with Crippen LogP contribution in [0, 0.1) is 17.2 Å². The summed E-state index contributed by atoms with van der Waals surface area (Å²) in [5.41, 5.74) is 0.276. The molecule has 1 aliphatic rings. The summed E-state index contributed by atoms with van der Waals surface area (Å²) in [6.07, 6.45) is 5.42. The fourth-order valence-electron chi connectivity index (χ4n) is 3.33. The molecule has 1 aromatic rings. The molecule has 1 aromatic carbocycles. The Kier molecular flexibility index (Phi) is 7.47. The quantitative estimate of drug-likeness (QED) is 0.686. The zero-order valence-corrected chi connectivity index (χ0v) is 16.1. The molecule has 0 unspecified atom stereocenters. The third-order valence-electron chi connectivity index (χ3n) is 5.03. The van der Waals surface area contributed by atoms with Crippen LogP contribution >= 0.6 is 0 Å². The molecule has 142 valence electrons. The monoisotopic (exact) mass is 358 g/mol. The topological polar surface area (TPSA) is 71.3 Å². The molecule has 0 saturated heterocycles. The number of ether oxygens (including phenoxy) is 2. The van der Waals surface area contributed by atoms with Gasteiger partial charge in [0.05, 0.1) is 12.2 Å². The Morgan fingerprint density at radius 1 is 1.35 bits per heavy atom. The van der Waals surface area contributed by atoms with Crippen LogP contribution in [0.5, 0.6) is 5.75 Å². The molecule has 0 aliphatic heterocycles. The number of carbonyl (C=O) groups excluding carboxylic acids is 1. The number of amides is 1. The van der Waals surface area contributed by atoms with Gasteiger partial charge in [-0.05, 0) is 63.1 Å². The van der Waals surface area contributed by atoms with Crippen molar-refractivity contribution in [3.8, 4) is 11.8 Å². The molecule has 5 nitrogen and oxygen atoms in total. The lowest BCUT2D eigenvalue weighted by Gasteiger charge is -2.37. The van der Waals surface area contributed by atoms with Gasteiger partial charge < -0.3 is 14.8 Å². The van der Waals surface area contributed by atoms with E-state index in [2.05, 4.69) is 25.2 Å². The molecule has 1 fully saturated rings. The summed E-state index contributed by atoms with van der Waals surface area (Å²) < 4.78 is 11.6. The van der Waals surface area contributed by atoms with Crippen LogP contribution in [-0.4, -0.2) is 24.7 Å². The van der Waals surface area contributed by atoms with Crippen molar-refractivity contribution in [3.05, 3.63) is 23.8 Å². The Bertz CT molecular complexity index is 643. The fraction of sp³-hybridized carbons (Fsp3) is 0.619. The van der Waals surface area contributed by atoms with Gasteiger partial charge in [-0.15, -0.1) is 0 Å². The smallest absolute Gasteiger partial charge is 0.256 e. The van der Waals surface area contributed by atoms with Gasteiger partial charge in [-0.3, -0.25) is 4.79 Å². The maximum atomic E-state index is 12.9. The number of hydrogen-bond donors (Lipinski definition) is 1. The van der Waals surface area contributed by atoms with Crippen LogP contribution in [0.25, 0.3) is 0 Å². The first-order valence-electron chi connectivity index (χ1n) is 9.67. The Balaban J connectivity index is 2.11. The first-order valence-corrected chi connectivity index (χ1v) is 9.67. The molecule has 0 bridgehead atoms. The average Bonchev–Trinajstić information content (AvgIpc) is 2.65. The zero-order chi connectivity index (χ0) is 19.0. The zero-order valence-electron chi connectivity index (χ0n) is 16.1. The summed E-state index contributed by atoms with van der Waals surface area (Å²) in [4.78, 5) is 12.9. The lowest BCUT2D eigenvalue weighted by atomic mass is 9.78. The minimum absolute atomic E-state index is 0.116. The van der Waals surface area contributed by atoms with E-state index < -0.39 is 5.60 Å². The highest BCUT2D eigenvalue weighted by molar-refractivity contribution is 5.97. The van der Waals surface area contributed by atoms with E-state index in [1.165, 1.54) is 0 Å². The highest BCUT2D eigenvalue weighted by Gasteiger charge is 2.41. The Labute approximate surface area is 156 Å². The second-order valence-corrected chi connectivity index (χ2v) is 7.09. The summed E-state index contributed by atoms with van der Waals surface area (Å²) >= 11 is 0. The summed E-state index contributed by atoms with van der Waals surface area (Å²) in [7, 11) is 0. The van der Waals surface area contributed by atoms with Gasteiger partial charge in [0, 0.05) is 12.3 Å². The van der Waals surface area contributed by atoms with Gasteiger partial charge in [0.1, 0.15) is 17.4 Å². The molecule has 2 rings (SSSR count). The van der Waals surface area contributed by atoms with E-state index in [1.54, 1.807) is 18.2 Å². The fourth-order valence-corrected chi connectivity index (χ4v) is 3.33. The average molecular weight is 358 g/mol. The van der Waals surface area contributed by atoms with Crippen LogP contribution in [0.1, 0.15) is 64.9 Å². The third-order valence-corrected chi connectivity index (χ3v) is 5.03. The lowest BCUT2D eigenvalue weighted by Crippen LogP contribution is -2.48. The summed E-state index contributed by atoms with van der Waals surface area (Å²) in [5, 5.41) is 12.3. The predicted molar refractivity (Wildman–Crippen MR) is 102 cm³/mol. The van der Waals surface area contributed by atoms with Crippen molar-refractivity contribution in [1.29, 1.82) is 5.26 Å². The van der Waals surface area contributed by atoms with E-state index in [0.29, 0.717) is 36.1 Å². The number of nitrogens with zero attached hydrogens (tertiary/aromatic N) is 1. The van der Waals surface area contributed by atoms with Crippen LogP contribution < -0.4 is 10.1 Å². The maximum absolute atomic E-state index is 12.9. The Morgan fingerprint density at radius 3 is 2.69 bits per heavy atom. The highest BCUT2D eigenvalue weighted by Crippen LogP contribution is 2.36. The Hall–Kier alpha value is -2.06. The number of benzene rings is 1.